The highest BCUT2D eigenvalue weighted by Crippen LogP contribution is 2.22. The molecule has 136 valence electrons. The van der Waals surface area contributed by atoms with Crippen molar-refractivity contribution in [3.8, 4) is 11.3 Å². The fourth-order valence-electron chi connectivity index (χ4n) is 2.98. The third-order valence-corrected chi connectivity index (χ3v) is 5.21. The van der Waals surface area contributed by atoms with Gasteiger partial charge in [-0.15, -0.1) is 23.7 Å². The van der Waals surface area contributed by atoms with Gasteiger partial charge in [0.25, 0.3) is 5.91 Å². The van der Waals surface area contributed by atoms with Crippen LogP contribution in [0.25, 0.3) is 11.3 Å². The Balaban J connectivity index is 0.00000196. The van der Waals surface area contributed by atoms with Crippen LogP contribution in [0.3, 0.4) is 0 Å². The lowest BCUT2D eigenvalue weighted by Crippen LogP contribution is -2.48. The molecule has 0 atom stereocenters. The summed E-state index contributed by atoms with van der Waals surface area (Å²) in [5.41, 5.74) is 2.19. The van der Waals surface area contributed by atoms with Crippen LogP contribution in [0, 0.1) is 0 Å². The van der Waals surface area contributed by atoms with E-state index < -0.39 is 0 Å². The first kappa shape index (κ1) is 18.6. The summed E-state index contributed by atoms with van der Waals surface area (Å²) in [5.74, 6) is 0.395. The zero-order valence-electron chi connectivity index (χ0n) is 14.2. The molecule has 0 spiro atoms. The molecule has 0 bridgehead atoms. The zero-order valence-corrected chi connectivity index (χ0v) is 15.8. The van der Waals surface area contributed by atoms with Gasteiger partial charge in [-0.3, -0.25) is 9.69 Å². The molecule has 7 heteroatoms. The summed E-state index contributed by atoms with van der Waals surface area (Å²) in [4.78, 5) is 21.2. The lowest BCUT2D eigenvalue weighted by atomic mass is 10.2. The van der Waals surface area contributed by atoms with Crippen LogP contribution in [-0.4, -0.2) is 46.9 Å². The first-order chi connectivity index (χ1) is 12.3. The van der Waals surface area contributed by atoms with Crippen LogP contribution < -0.4 is 0 Å². The summed E-state index contributed by atoms with van der Waals surface area (Å²) in [7, 11) is 0. The molecule has 1 amide bonds. The molecule has 1 fully saturated rings. The molecule has 1 aliphatic heterocycles. The fourth-order valence-corrected chi connectivity index (χ4v) is 3.83. The number of thiazole rings is 1. The van der Waals surface area contributed by atoms with Gasteiger partial charge in [-0.25, -0.2) is 4.98 Å². The number of hydrogen-bond acceptors (Lipinski definition) is 5. The maximum absolute atomic E-state index is 12.3. The van der Waals surface area contributed by atoms with Gasteiger partial charge in [0.1, 0.15) is 5.01 Å². The standard InChI is InChI=1S/C19H19N3O2S.ClH/c23-19(17-7-4-12-24-17)22-10-8-21(9-11-22)13-18-20-16(14-25-18)15-5-2-1-3-6-15;/h1-7,12,14H,8-11,13H2;1H. The average molecular weight is 390 g/mol. The predicted molar refractivity (Wildman–Crippen MR) is 105 cm³/mol. The van der Waals surface area contributed by atoms with Crippen LogP contribution >= 0.6 is 23.7 Å². The summed E-state index contributed by atoms with van der Waals surface area (Å²) < 4.78 is 5.20. The average Bonchev–Trinajstić information content (AvgIpc) is 3.35. The summed E-state index contributed by atoms with van der Waals surface area (Å²) in [6.45, 7) is 3.98. The van der Waals surface area contributed by atoms with Gasteiger partial charge in [-0.2, -0.15) is 0 Å². The first-order valence-corrected chi connectivity index (χ1v) is 9.22. The number of halogens is 1. The van der Waals surface area contributed by atoms with Gasteiger partial charge in [0.05, 0.1) is 18.5 Å². The molecule has 3 aromatic rings. The second kappa shape index (κ2) is 8.49. The maximum atomic E-state index is 12.3. The molecular weight excluding hydrogens is 370 g/mol. The number of furan rings is 1. The van der Waals surface area contributed by atoms with Crippen LogP contribution in [0.5, 0.6) is 0 Å². The first-order valence-electron chi connectivity index (χ1n) is 8.34. The molecule has 0 saturated carbocycles. The summed E-state index contributed by atoms with van der Waals surface area (Å²) in [6, 6.07) is 13.7. The van der Waals surface area contributed by atoms with E-state index in [-0.39, 0.29) is 18.3 Å². The van der Waals surface area contributed by atoms with Crippen LogP contribution in [0.2, 0.25) is 0 Å². The second-order valence-electron chi connectivity index (χ2n) is 6.04. The quantitative estimate of drug-likeness (QED) is 0.681. The van der Waals surface area contributed by atoms with E-state index in [4.69, 9.17) is 9.40 Å². The highest BCUT2D eigenvalue weighted by Gasteiger charge is 2.24. The minimum Gasteiger partial charge on any atom is -0.459 e. The molecular formula is C19H20ClN3O2S. The van der Waals surface area contributed by atoms with E-state index in [1.165, 1.54) is 6.26 Å². The van der Waals surface area contributed by atoms with E-state index in [2.05, 4.69) is 22.4 Å². The molecule has 0 unspecified atom stereocenters. The van der Waals surface area contributed by atoms with E-state index in [0.717, 1.165) is 49.0 Å². The van der Waals surface area contributed by atoms with E-state index in [1.807, 2.05) is 23.1 Å². The van der Waals surface area contributed by atoms with E-state index in [1.54, 1.807) is 23.5 Å². The Bertz CT molecular complexity index is 828. The summed E-state index contributed by atoms with van der Waals surface area (Å²) >= 11 is 1.69. The number of aromatic nitrogens is 1. The smallest absolute Gasteiger partial charge is 0.289 e. The van der Waals surface area contributed by atoms with Gasteiger partial charge in [0, 0.05) is 37.1 Å². The molecule has 26 heavy (non-hydrogen) atoms. The van der Waals surface area contributed by atoms with Crippen molar-refractivity contribution >= 4 is 29.7 Å². The minimum atomic E-state index is -0.0229. The lowest BCUT2D eigenvalue weighted by molar-refractivity contribution is 0.0598. The Kier molecular flexibility index (Phi) is 6.08. The number of carbonyl (C=O) groups is 1. The number of benzene rings is 1. The lowest BCUT2D eigenvalue weighted by Gasteiger charge is -2.33. The monoisotopic (exact) mass is 389 g/mol. The van der Waals surface area contributed by atoms with Crippen LogP contribution in [0.15, 0.2) is 58.5 Å². The number of amides is 1. The van der Waals surface area contributed by atoms with Gasteiger partial charge in [0.15, 0.2) is 5.76 Å². The van der Waals surface area contributed by atoms with Crippen molar-refractivity contribution in [2.75, 3.05) is 26.2 Å². The topological polar surface area (TPSA) is 49.6 Å². The van der Waals surface area contributed by atoms with Crippen molar-refractivity contribution in [1.29, 1.82) is 0 Å². The molecule has 1 aromatic carbocycles. The van der Waals surface area contributed by atoms with E-state index in [0.29, 0.717) is 5.76 Å². The summed E-state index contributed by atoms with van der Waals surface area (Å²) in [5, 5.41) is 3.23. The molecule has 5 nitrogen and oxygen atoms in total. The Labute approximate surface area is 162 Å². The number of nitrogens with zero attached hydrogens (tertiary/aromatic N) is 3. The van der Waals surface area contributed by atoms with Gasteiger partial charge in [-0.1, -0.05) is 30.3 Å². The van der Waals surface area contributed by atoms with E-state index >= 15 is 0 Å². The van der Waals surface area contributed by atoms with Crippen molar-refractivity contribution < 1.29 is 9.21 Å². The number of piperazine rings is 1. The molecule has 1 saturated heterocycles. The molecule has 1 aliphatic rings. The highest BCUT2D eigenvalue weighted by atomic mass is 35.5. The van der Waals surface area contributed by atoms with Crippen molar-refractivity contribution in [1.82, 2.24) is 14.8 Å². The minimum absolute atomic E-state index is 0. The van der Waals surface area contributed by atoms with E-state index in [9.17, 15) is 4.79 Å². The number of carbonyl (C=O) groups excluding carboxylic acids is 1. The predicted octanol–water partition coefficient (Wildman–Crippen LogP) is 3.78. The third-order valence-electron chi connectivity index (χ3n) is 4.37. The Morgan fingerprint density at radius 3 is 2.54 bits per heavy atom. The summed E-state index contributed by atoms with van der Waals surface area (Å²) in [6.07, 6.45) is 1.54. The molecule has 0 N–H and O–H groups in total. The molecule has 0 aliphatic carbocycles. The number of hydrogen-bond donors (Lipinski definition) is 0. The Morgan fingerprint density at radius 1 is 1.08 bits per heavy atom. The van der Waals surface area contributed by atoms with Gasteiger partial charge in [-0.05, 0) is 12.1 Å². The second-order valence-corrected chi connectivity index (χ2v) is 6.98. The van der Waals surface area contributed by atoms with Crippen molar-refractivity contribution in [2.24, 2.45) is 0 Å². The largest absolute Gasteiger partial charge is 0.459 e. The third kappa shape index (κ3) is 4.15. The Hall–Kier alpha value is -2.15. The molecule has 2 aromatic heterocycles. The SMILES string of the molecule is Cl.O=C(c1ccco1)N1CCN(Cc2nc(-c3ccccc3)cs2)CC1. The molecule has 0 radical (unpaired) electrons. The van der Waals surface area contributed by atoms with Gasteiger partial charge in [0.2, 0.25) is 0 Å². The fraction of sp³-hybridized carbons (Fsp3) is 0.263. The Morgan fingerprint density at radius 2 is 1.85 bits per heavy atom. The highest BCUT2D eigenvalue weighted by molar-refractivity contribution is 7.09. The van der Waals surface area contributed by atoms with Gasteiger partial charge < -0.3 is 9.32 Å². The normalized spacial score (nSPS) is 14.8. The van der Waals surface area contributed by atoms with Crippen molar-refractivity contribution in [3.63, 3.8) is 0 Å². The van der Waals surface area contributed by atoms with Crippen molar-refractivity contribution in [3.05, 3.63) is 64.9 Å². The van der Waals surface area contributed by atoms with Crippen molar-refractivity contribution in [2.45, 2.75) is 6.54 Å². The number of rotatable bonds is 4. The molecule has 3 heterocycles. The molecule has 4 rings (SSSR count). The van der Waals surface area contributed by atoms with Crippen LogP contribution in [-0.2, 0) is 6.54 Å². The zero-order chi connectivity index (χ0) is 17.1. The van der Waals surface area contributed by atoms with Crippen LogP contribution in [0.1, 0.15) is 15.6 Å². The van der Waals surface area contributed by atoms with Gasteiger partial charge >= 0.3 is 0 Å². The van der Waals surface area contributed by atoms with Crippen LogP contribution in [0.4, 0.5) is 0 Å². The maximum Gasteiger partial charge on any atom is 0.289 e.